The number of rotatable bonds is 4. The minimum absolute atomic E-state index is 0.936. The zero-order valence-electron chi connectivity index (χ0n) is 11.8. The lowest BCUT2D eigenvalue weighted by Crippen LogP contribution is -2.20. The number of benzene rings is 1. The number of anilines is 1. The molecule has 0 unspecified atom stereocenters. The number of hydrogen-bond acceptors (Lipinski definition) is 3. The molecule has 0 amide bonds. The van der Waals surface area contributed by atoms with Crippen LogP contribution in [0.15, 0.2) is 59.5 Å². The first kappa shape index (κ1) is 14.0. The molecule has 1 aromatic carbocycles. The van der Waals surface area contributed by atoms with Crippen molar-refractivity contribution in [3.63, 3.8) is 0 Å². The number of hydrogen-bond donors (Lipinski definition) is 0. The highest BCUT2D eigenvalue weighted by Crippen LogP contribution is 2.23. The monoisotopic (exact) mass is 341 g/mol. The average molecular weight is 342 g/mol. The number of pyridine rings is 2. The molecule has 3 aromatic rings. The van der Waals surface area contributed by atoms with Gasteiger partial charge in [-0.15, -0.1) is 0 Å². The van der Waals surface area contributed by atoms with Crippen LogP contribution < -0.4 is 4.90 Å². The number of halogens is 1. The van der Waals surface area contributed by atoms with Gasteiger partial charge >= 0.3 is 0 Å². The maximum absolute atomic E-state index is 4.36. The molecular formula is C17H16BrN3. The Kier molecular flexibility index (Phi) is 4.15. The summed E-state index contributed by atoms with van der Waals surface area (Å²) in [5, 5.41) is 1.14. The van der Waals surface area contributed by atoms with Crippen molar-refractivity contribution >= 4 is 32.5 Å². The number of likely N-dealkylation sites (N-methyl/N-ethyl adjacent to an activating group) is 1. The van der Waals surface area contributed by atoms with Gasteiger partial charge in [0.05, 0.1) is 11.7 Å². The molecule has 106 valence electrons. The lowest BCUT2D eigenvalue weighted by atomic mass is 10.1. The lowest BCUT2D eigenvalue weighted by molar-refractivity contribution is 0.879. The van der Waals surface area contributed by atoms with E-state index in [1.807, 2.05) is 18.5 Å². The van der Waals surface area contributed by atoms with Crippen LogP contribution in [0.5, 0.6) is 0 Å². The second-order valence-corrected chi connectivity index (χ2v) is 5.94. The summed E-state index contributed by atoms with van der Waals surface area (Å²) in [4.78, 5) is 10.8. The molecule has 0 saturated heterocycles. The summed E-state index contributed by atoms with van der Waals surface area (Å²) in [7, 11) is 2.12. The SMILES string of the molecule is CN(CCc1ccc(Br)cc1)c1ccnc2cnccc12. The van der Waals surface area contributed by atoms with E-state index in [1.165, 1.54) is 11.3 Å². The van der Waals surface area contributed by atoms with Gasteiger partial charge < -0.3 is 4.90 Å². The van der Waals surface area contributed by atoms with Gasteiger partial charge in [0.1, 0.15) is 0 Å². The summed E-state index contributed by atoms with van der Waals surface area (Å²) in [5.74, 6) is 0. The Morgan fingerprint density at radius 1 is 1.05 bits per heavy atom. The molecule has 4 heteroatoms. The molecule has 0 bridgehead atoms. The topological polar surface area (TPSA) is 29.0 Å². The minimum atomic E-state index is 0.936. The van der Waals surface area contributed by atoms with E-state index in [0.29, 0.717) is 0 Å². The van der Waals surface area contributed by atoms with Crippen molar-refractivity contribution < 1.29 is 0 Å². The van der Waals surface area contributed by atoms with Gasteiger partial charge in [0.25, 0.3) is 0 Å². The molecule has 0 aliphatic heterocycles. The molecule has 0 aliphatic rings. The molecule has 0 N–H and O–H groups in total. The third-order valence-corrected chi connectivity index (χ3v) is 4.11. The van der Waals surface area contributed by atoms with Crippen LogP contribution in [0.25, 0.3) is 10.9 Å². The number of nitrogens with zero attached hydrogens (tertiary/aromatic N) is 3. The molecule has 0 saturated carbocycles. The maximum atomic E-state index is 4.36. The zero-order chi connectivity index (χ0) is 14.7. The van der Waals surface area contributed by atoms with Gasteiger partial charge in [-0.1, -0.05) is 28.1 Å². The standard InChI is InChI=1S/C17H16BrN3/c1-21(11-8-13-2-4-14(18)5-3-13)17-7-10-20-16-12-19-9-6-15(16)17/h2-7,9-10,12H,8,11H2,1H3. The van der Waals surface area contributed by atoms with E-state index in [1.54, 1.807) is 6.20 Å². The van der Waals surface area contributed by atoms with Gasteiger partial charge in [0, 0.05) is 41.5 Å². The van der Waals surface area contributed by atoms with Crippen LogP contribution in [0.3, 0.4) is 0 Å². The first-order valence-corrected chi connectivity index (χ1v) is 7.67. The lowest BCUT2D eigenvalue weighted by Gasteiger charge is -2.20. The third-order valence-electron chi connectivity index (χ3n) is 3.58. The van der Waals surface area contributed by atoms with Gasteiger partial charge in [-0.05, 0) is 36.2 Å². The van der Waals surface area contributed by atoms with Crippen molar-refractivity contribution in [1.82, 2.24) is 9.97 Å². The normalized spacial score (nSPS) is 10.8. The second-order valence-electron chi connectivity index (χ2n) is 5.02. The average Bonchev–Trinajstić information content (AvgIpc) is 2.53. The Balaban J connectivity index is 1.78. The van der Waals surface area contributed by atoms with Crippen LogP contribution in [0.1, 0.15) is 5.56 Å². The summed E-state index contributed by atoms with van der Waals surface area (Å²) in [6, 6.07) is 12.6. The highest BCUT2D eigenvalue weighted by atomic mass is 79.9. The Bertz CT molecular complexity index is 735. The second kappa shape index (κ2) is 6.22. The van der Waals surface area contributed by atoms with Gasteiger partial charge in [0.2, 0.25) is 0 Å². The largest absolute Gasteiger partial charge is 0.374 e. The summed E-state index contributed by atoms with van der Waals surface area (Å²) in [5.41, 5.74) is 3.47. The van der Waals surface area contributed by atoms with Crippen LogP contribution in [0.4, 0.5) is 5.69 Å². The Morgan fingerprint density at radius 3 is 2.67 bits per heavy atom. The predicted octanol–water partition coefficient (Wildman–Crippen LogP) is 4.07. The third kappa shape index (κ3) is 3.22. The van der Waals surface area contributed by atoms with Crippen molar-refractivity contribution in [2.75, 3.05) is 18.5 Å². The van der Waals surface area contributed by atoms with Gasteiger partial charge in [-0.3, -0.25) is 9.97 Å². The quantitative estimate of drug-likeness (QED) is 0.716. The molecular weight excluding hydrogens is 326 g/mol. The smallest absolute Gasteiger partial charge is 0.0905 e. The molecule has 3 nitrogen and oxygen atoms in total. The van der Waals surface area contributed by atoms with E-state index in [9.17, 15) is 0 Å². The first-order valence-electron chi connectivity index (χ1n) is 6.88. The van der Waals surface area contributed by atoms with E-state index in [-0.39, 0.29) is 0 Å². The molecule has 3 rings (SSSR count). The van der Waals surface area contributed by atoms with Crippen LogP contribution in [0.2, 0.25) is 0 Å². The minimum Gasteiger partial charge on any atom is -0.374 e. The maximum Gasteiger partial charge on any atom is 0.0905 e. The molecule has 21 heavy (non-hydrogen) atoms. The molecule has 0 spiro atoms. The van der Waals surface area contributed by atoms with E-state index in [2.05, 4.69) is 68.2 Å². The Morgan fingerprint density at radius 2 is 1.86 bits per heavy atom. The fourth-order valence-corrected chi connectivity index (χ4v) is 2.65. The molecule has 0 fully saturated rings. The van der Waals surface area contributed by atoms with Crippen LogP contribution in [-0.4, -0.2) is 23.6 Å². The van der Waals surface area contributed by atoms with Crippen molar-refractivity contribution in [1.29, 1.82) is 0 Å². The van der Waals surface area contributed by atoms with Crippen molar-refractivity contribution in [3.05, 3.63) is 65.0 Å². The fraction of sp³-hybridized carbons (Fsp3) is 0.176. The van der Waals surface area contributed by atoms with Gasteiger partial charge in [-0.2, -0.15) is 0 Å². The van der Waals surface area contributed by atoms with E-state index in [0.717, 1.165) is 28.3 Å². The molecule has 0 atom stereocenters. The Hall–Kier alpha value is -1.94. The Labute approximate surface area is 132 Å². The van der Waals surface area contributed by atoms with Crippen LogP contribution >= 0.6 is 15.9 Å². The molecule has 0 aliphatic carbocycles. The molecule has 2 heterocycles. The molecule has 0 radical (unpaired) electrons. The summed E-state index contributed by atoms with van der Waals surface area (Å²) >= 11 is 3.47. The van der Waals surface area contributed by atoms with Crippen molar-refractivity contribution in [3.8, 4) is 0 Å². The van der Waals surface area contributed by atoms with Crippen molar-refractivity contribution in [2.45, 2.75) is 6.42 Å². The highest BCUT2D eigenvalue weighted by Gasteiger charge is 2.06. The predicted molar refractivity (Wildman–Crippen MR) is 90.7 cm³/mol. The van der Waals surface area contributed by atoms with E-state index < -0.39 is 0 Å². The number of fused-ring (bicyclic) bond motifs is 1. The summed E-state index contributed by atoms with van der Waals surface area (Å²) < 4.78 is 1.12. The fourth-order valence-electron chi connectivity index (χ4n) is 2.38. The zero-order valence-corrected chi connectivity index (χ0v) is 13.4. The summed E-state index contributed by atoms with van der Waals surface area (Å²) in [6.45, 7) is 0.961. The number of aromatic nitrogens is 2. The van der Waals surface area contributed by atoms with Gasteiger partial charge in [0.15, 0.2) is 0 Å². The van der Waals surface area contributed by atoms with E-state index in [4.69, 9.17) is 0 Å². The summed E-state index contributed by atoms with van der Waals surface area (Å²) in [6.07, 6.45) is 6.48. The van der Waals surface area contributed by atoms with Crippen molar-refractivity contribution in [2.24, 2.45) is 0 Å². The van der Waals surface area contributed by atoms with Crippen LogP contribution in [0, 0.1) is 0 Å². The first-order chi connectivity index (χ1) is 10.2. The van der Waals surface area contributed by atoms with Crippen LogP contribution in [-0.2, 0) is 6.42 Å². The van der Waals surface area contributed by atoms with Gasteiger partial charge in [-0.25, -0.2) is 0 Å². The highest BCUT2D eigenvalue weighted by molar-refractivity contribution is 9.10. The van der Waals surface area contributed by atoms with E-state index >= 15 is 0 Å². The molecule has 2 aromatic heterocycles.